The van der Waals surface area contributed by atoms with Crippen LogP contribution in [0.2, 0.25) is 0 Å². The second kappa shape index (κ2) is 8.73. The largest absolute Gasteiger partial charge is 0.450 e. The van der Waals surface area contributed by atoms with E-state index in [1.165, 1.54) is 18.2 Å². The average Bonchev–Trinajstić information content (AvgIpc) is 3.28. The number of rotatable bonds is 5. The number of nitrogens with zero attached hydrogens (tertiary/aromatic N) is 4. The lowest BCUT2D eigenvalue weighted by Gasteiger charge is -2.34. The summed E-state index contributed by atoms with van der Waals surface area (Å²) in [4.78, 5) is 36.6. The molecule has 1 amide bonds. The number of carbonyl (C=O) groups excluding carboxylic acids is 2. The van der Waals surface area contributed by atoms with Crippen LogP contribution in [0, 0.1) is 5.82 Å². The Balaban J connectivity index is 1.28. The molecule has 1 fully saturated rings. The van der Waals surface area contributed by atoms with E-state index in [0.717, 1.165) is 0 Å². The monoisotopic (exact) mass is 410 g/mol. The molecule has 0 N–H and O–H groups in total. The Morgan fingerprint density at radius 1 is 1.00 bits per heavy atom. The van der Waals surface area contributed by atoms with Crippen LogP contribution in [0.4, 0.5) is 10.3 Å². The van der Waals surface area contributed by atoms with Crippen LogP contribution in [-0.4, -0.2) is 59.5 Å². The molecule has 1 aliphatic rings. The predicted octanol–water partition coefficient (Wildman–Crippen LogP) is 2.38. The van der Waals surface area contributed by atoms with Crippen molar-refractivity contribution in [2.75, 3.05) is 37.7 Å². The Labute approximate surface area is 171 Å². The topological polar surface area (TPSA) is 88.8 Å². The average molecular weight is 410 g/mol. The van der Waals surface area contributed by atoms with Gasteiger partial charge in [0.15, 0.2) is 6.61 Å². The van der Waals surface area contributed by atoms with Gasteiger partial charge < -0.3 is 19.0 Å². The third-order valence-corrected chi connectivity index (χ3v) is 4.74. The maximum atomic E-state index is 13.8. The molecule has 0 aliphatic carbocycles. The van der Waals surface area contributed by atoms with Gasteiger partial charge in [-0.15, -0.1) is 0 Å². The lowest BCUT2D eigenvalue weighted by molar-refractivity contribution is -0.134. The maximum absolute atomic E-state index is 13.8. The maximum Gasteiger partial charge on any atom is 0.374 e. The van der Waals surface area contributed by atoms with Gasteiger partial charge in [-0.25, -0.2) is 19.2 Å². The fraction of sp³-hybridized carbons (Fsp3) is 0.238. The first kappa shape index (κ1) is 19.6. The van der Waals surface area contributed by atoms with E-state index in [1.807, 2.05) is 4.90 Å². The highest BCUT2D eigenvalue weighted by atomic mass is 19.1. The van der Waals surface area contributed by atoms with Gasteiger partial charge in [0.05, 0.1) is 5.56 Å². The SMILES string of the molecule is O=C(OCC(=O)N1CCN(c2ncccn2)CC1)c1ccc(-c2ccccc2F)o1. The van der Waals surface area contributed by atoms with Crippen molar-refractivity contribution in [3.8, 4) is 11.3 Å². The number of piperazine rings is 1. The highest BCUT2D eigenvalue weighted by molar-refractivity contribution is 5.89. The minimum Gasteiger partial charge on any atom is -0.450 e. The van der Waals surface area contributed by atoms with Gasteiger partial charge in [-0.3, -0.25) is 4.79 Å². The molecule has 8 nitrogen and oxygen atoms in total. The molecule has 0 radical (unpaired) electrons. The number of ether oxygens (including phenoxy) is 1. The number of furan rings is 1. The molecule has 30 heavy (non-hydrogen) atoms. The van der Waals surface area contributed by atoms with E-state index in [9.17, 15) is 14.0 Å². The van der Waals surface area contributed by atoms with Crippen molar-refractivity contribution in [1.29, 1.82) is 0 Å². The van der Waals surface area contributed by atoms with Crippen LogP contribution in [0.25, 0.3) is 11.3 Å². The molecule has 3 heterocycles. The minimum atomic E-state index is -0.776. The van der Waals surface area contributed by atoms with E-state index in [0.29, 0.717) is 32.1 Å². The molecular formula is C21H19FN4O4. The van der Waals surface area contributed by atoms with Crippen LogP contribution in [0.15, 0.2) is 59.3 Å². The van der Waals surface area contributed by atoms with E-state index >= 15 is 0 Å². The summed E-state index contributed by atoms with van der Waals surface area (Å²) in [6.07, 6.45) is 3.34. The molecule has 154 valence electrons. The highest BCUT2D eigenvalue weighted by Crippen LogP contribution is 2.25. The van der Waals surface area contributed by atoms with Crippen LogP contribution in [0.1, 0.15) is 10.6 Å². The number of esters is 1. The molecule has 0 saturated carbocycles. The smallest absolute Gasteiger partial charge is 0.374 e. The molecule has 4 rings (SSSR count). The van der Waals surface area contributed by atoms with Crippen LogP contribution < -0.4 is 4.90 Å². The van der Waals surface area contributed by atoms with Crippen molar-refractivity contribution in [2.45, 2.75) is 0 Å². The van der Waals surface area contributed by atoms with Crippen molar-refractivity contribution >= 4 is 17.8 Å². The molecule has 1 aromatic carbocycles. The van der Waals surface area contributed by atoms with E-state index in [1.54, 1.807) is 41.6 Å². The third kappa shape index (κ3) is 4.29. The van der Waals surface area contributed by atoms with Gasteiger partial charge in [-0.05, 0) is 30.3 Å². The summed E-state index contributed by atoms with van der Waals surface area (Å²) >= 11 is 0. The summed E-state index contributed by atoms with van der Waals surface area (Å²) in [6.45, 7) is 1.75. The molecule has 0 unspecified atom stereocenters. The zero-order valence-corrected chi connectivity index (χ0v) is 16.0. The first-order valence-electron chi connectivity index (χ1n) is 9.43. The van der Waals surface area contributed by atoms with Gasteiger partial charge in [0.25, 0.3) is 5.91 Å². The molecule has 9 heteroatoms. The van der Waals surface area contributed by atoms with E-state index in [2.05, 4.69) is 9.97 Å². The Hall–Kier alpha value is -3.75. The number of benzene rings is 1. The molecule has 0 spiro atoms. The van der Waals surface area contributed by atoms with Gasteiger partial charge in [0.2, 0.25) is 11.7 Å². The van der Waals surface area contributed by atoms with Crippen molar-refractivity contribution in [2.24, 2.45) is 0 Å². The second-order valence-corrected chi connectivity index (χ2v) is 6.64. The van der Waals surface area contributed by atoms with Crippen LogP contribution in [0.5, 0.6) is 0 Å². The summed E-state index contributed by atoms with van der Waals surface area (Å²) in [6, 6.07) is 10.7. The number of carbonyl (C=O) groups is 2. The molecule has 1 aliphatic heterocycles. The number of halogens is 1. The fourth-order valence-corrected chi connectivity index (χ4v) is 3.15. The quantitative estimate of drug-likeness (QED) is 0.597. The Kier molecular flexibility index (Phi) is 5.69. The van der Waals surface area contributed by atoms with Crippen molar-refractivity contribution < 1.29 is 23.1 Å². The first-order valence-corrected chi connectivity index (χ1v) is 9.43. The summed E-state index contributed by atoms with van der Waals surface area (Å²) in [5, 5.41) is 0. The molecule has 2 aromatic heterocycles. The standard InChI is InChI=1S/C21H19FN4O4/c22-16-5-2-1-4-15(16)17-6-7-18(30-17)20(28)29-14-19(27)25-10-12-26(13-11-25)21-23-8-3-9-24-21/h1-9H,10-14H2. The summed E-state index contributed by atoms with van der Waals surface area (Å²) in [7, 11) is 0. The van der Waals surface area contributed by atoms with Crippen LogP contribution >= 0.6 is 0 Å². The Morgan fingerprint density at radius 2 is 1.73 bits per heavy atom. The van der Waals surface area contributed by atoms with Crippen LogP contribution in [-0.2, 0) is 9.53 Å². The number of hydrogen-bond acceptors (Lipinski definition) is 7. The van der Waals surface area contributed by atoms with E-state index < -0.39 is 18.4 Å². The highest BCUT2D eigenvalue weighted by Gasteiger charge is 2.24. The number of aromatic nitrogens is 2. The lowest BCUT2D eigenvalue weighted by atomic mass is 10.1. The molecule has 1 saturated heterocycles. The normalized spacial score (nSPS) is 13.9. The predicted molar refractivity (Wildman–Crippen MR) is 105 cm³/mol. The third-order valence-electron chi connectivity index (χ3n) is 4.74. The molecule has 3 aromatic rings. The van der Waals surface area contributed by atoms with Crippen LogP contribution in [0.3, 0.4) is 0 Å². The zero-order chi connectivity index (χ0) is 20.9. The van der Waals surface area contributed by atoms with Crippen molar-refractivity contribution in [1.82, 2.24) is 14.9 Å². The molecular weight excluding hydrogens is 391 g/mol. The summed E-state index contributed by atoms with van der Waals surface area (Å²) in [5.74, 6) is -0.778. The molecule has 0 bridgehead atoms. The zero-order valence-electron chi connectivity index (χ0n) is 16.0. The first-order chi connectivity index (χ1) is 14.6. The van der Waals surface area contributed by atoms with E-state index in [4.69, 9.17) is 9.15 Å². The van der Waals surface area contributed by atoms with Crippen molar-refractivity contribution in [3.05, 3.63) is 66.4 Å². The van der Waals surface area contributed by atoms with Gasteiger partial charge in [-0.2, -0.15) is 0 Å². The second-order valence-electron chi connectivity index (χ2n) is 6.64. The molecule has 0 atom stereocenters. The summed E-state index contributed by atoms with van der Waals surface area (Å²) in [5.41, 5.74) is 0.243. The van der Waals surface area contributed by atoms with Gasteiger partial charge in [-0.1, -0.05) is 12.1 Å². The number of amides is 1. The number of hydrogen-bond donors (Lipinski definition) is 0. The number of anilines is 1. The lowest BCUT2D eigenvalue weighted by Crippen LogP contribution is -2.50. The van der Waals surface area contributed by atoms with Crippen molar-refractivity contribution in [3.63, 3.8) is 0 Å². The van der Waals surface area contributed by atoms with Gasteiger partial charge in [0.1, 0.15) is 11.6 Å². The van der Waals surface area contributed by atoms with E-state index in [-0.39, 0.29) is 23.0 Å². The Morgan fingerprint density at radius 3 is 2.47 bits per heavy atom. The minimum absolute atomic E-state index is 0.0906. The Bertz CT molecular complexity index is 1030. The van der Waals surface area contributed by atoms with Gasteiger partial charge >= 0.3 is 5.97 Å². The fourth-order valence-electron chi connectivity index (χ4n) is 3.15. The van der Waals surface area contributed by atoms with Gasteiger partial charge in [0, 0.05) is 38.6 Å². The summed E-state index contributed by atoms with van der Waals surface area (Å²) < 4.78 is 24.3.